The first kappa shape index (κ1) is 11.3. The highest BCUT2D eigenvalue weighted by atomic mass is 15.1. The molecule has 0 aromatic carbocycles. The zero-order valence-electron chi connectivity index (χ0n) is 9.64. The van der Waals surface area contributed by atoms with Gasteiger partial charge in [0.2, 0.25) is 0 Å². The second-order valence-electron chi connectivity index (χ2n) is 5.18. The molecule has 0 radical (unpaired) electrons. The molecule has 1 saturated carbocycles. The van der Waals surface area contributed by atoms with Gasteiger partial charge < -0.3 is 11.1 Å². The maximum Gasteiger partial charge on any atom is 0.189 e. The third-order valence-corrected chi connectivity index (χ3v) is 2.40. The number of hydrogen-bond donors (Lipinski definition) is 2. The third kappa shape index (κ3) is 4.49. The lowest BCUT2D eigenvalue weighted by molar-refractivity contribution is 0.437. The van der Waals surface area contributed by atoms with Gasteiger partial charge in [0.25, 0.3) is 0 Å². The highest BCUT2D eigenvalue weighted by molar-refractivity contribution is 5.78. The molecular weight excluding hydrogens is 174 g/mol. The van der Waals surface area contributed by atoms with Gasteiger partial charge in [-0.25, -0.2) is 0 Å². The van der Waals surface area contributed by atoms with Crippen molar-refractivity contribution in [1.29, 1.82) is 0 Å². The second-order valence-corrected chi connectivity index (χ2v) is 5.18. The fourth-order valence-electron chi connectivity index (χ4n) is 1.82. The number of aliphatic imine (C=N–C) groups is 1. The SMILES string of the molecule is CC(C)(C)NC(N)=NC1CCCCC1. The zero-order chi connectivity index (χ0) is 10.6. The van der Waals surface area contributed by atoms with Crippen LogP contribution in [0.1, 0.15) is 52.9 Å². The average molecular weight is 197 g/mol. The molecule has 0 heterocycles. The van der Waals surface area contributed by atoms with Crippen LogP contribution in [0.5, 0.6) is 0 Å². The molecule has 0 bridgehead atoms. The number of nitrogens with two attached hydrogens (primary N) is 1. The Hall–Kier alpha value is -0.730. The van der Waals surface area contributed by atoms with Crippen molar-refractivity contribution in [2.45, 2.75) is 64.5 Å². The molecule has 0 atom stereocenters. The van der Waals surface area contributed by atoms with Crippen LogP contribution in [0.3, 0.4) is 0 Å². The molecule has 0 unspecified atom stereocenters. The summed E-state index contributed by atoms with van der Waals surface area (Å²) in [5.41, 5.74) is 5.85. The van der Waals surface area contributed by atoms with Gasteiger partial charge in [-0.15, -0.1) is 0 Å². The Labute approximate surface area is 87.2 Å². The molecule has 3 N–H and O–H groups in total. The Morgan fingerprint density at radius 2 is 1.79 bits per heavy atom. The topological polar surface area (TPSA) is 50.4 Å². The van der Waals surface area contributed by atoms with E-state index in [1.54, 1.807) is 0 Å². The summed E-state index contributed by atoms with van der Waals surface area (Å²) in [5.74, 6) is 0.601. The van der Waals surface area contributed by atoms with Crippen molar-refractivity contribution in [1.82, 2.24) is 5.32 Å². The summed E-state index contributed by atoms with van der Waals surface area (Å²) in [7, 11) is 0. The predicted octanol–water partition coefficient (Wildman–Crippen LogP) is 2.02. The number of nitrogens with one attached hydrogen (secondary N) is 1. The summed E-state index contributed by atoms with van der Waals surface area (Å²) in [4.78, 5) is 4.50. The van der Waals surface area contributed by atoms with Gasteiger partial charge in [0.1, 0.15) is 0 Å². The molecule has 1 fully saturated rings. The minimum atomic E-state index is 0.0161. The average Bonchev–Trinajstić information content (AvgIpc) is 2.02. The van der Waals surface area contributed by atoms with Gasteiger partial charge in [-0.05, 0) is 33.6 Å². The molecule has 1 aliphatic rings. The van der Waals surface area contributed by atoms with E-state index in [2.05, 4.69) is 31.1 Å². The van der Waals surface area contributed by atoms with E-state index in [0.717, 1.165) is 0 Å². The fraction of sp³-hybridized carbons (Fsp3) is 0.909. The number of nitrogens with zero attached hydrogens (tertiary/aromatic N) is 1. The van der Waals surface area contributed by atoms with Gasteiger partial charge in [-0.2, -0.15) is 0 Å². The van der Waals surface area contributed by atoms with Gasteiger partial charge in [0.05, 0.1) is 6.04 Å². The van der Waals surface area contributed by atoms with Gasteiger partial charge >= 0.3 is 0 Å². The van der Waals surface area contributed by atoms with Crippen LogP contribution < -0.4 is 11.1 Å². The van der Waals surface area contributed by atoms with Gasteiger partial charge in [0.15, 0.2) is 5.96 Å². The molecule has 0 aliphatic heterocycles. The summed E-state index contributed by atoms with van der Waals surface area (Å²) in [6.45, 7) is 6.28. The van der Waals surface area contributed by atoms with Crippen LogP contribution in [0.15, 0.2) is 4.99 Å². The van der Waals surface area contributed by atoms with E-state index in [0.29, 0.717) is 12.0 Å². The molecule has 3 heteroatoms. The summed E-state index contributed by atoms with van der Waals surface area (Å²) < 4.78 is 0. The van der Waals surface area contributed by atoms with E-state index < -0.39 is 0 Å². The summed E-state index contributed by atoms with van der Waals surface area (Å²) in [6.07, 6.45) is 6.37. The minimum absolute atomic E-state index is 0.0161. The molecular formula is C11H23N3. The molecule has 82 valence electrons. The smallest absolute Gasteiger partial charge is 0.189 e. The molecule has 0 aromatic heterocycles. The van der Waals surface area contributed by atoms with Crippen molar-refractivity contribution < 1.29 is 0 Å². The largest absolute Gasteiger partial charge is 0.370 e. The quantitative estimate of drug-likeness (QED) is 0.499. The van der Waals surface area contributed by atoms with Crippen LogP contribution in [0.2, 0.25) is 0 Å². The van der Waals surface area contributed by atoms with Crippen molar-refractivity contribution in [2.75, 3.05) is 0 Å². The van der Waals surface area contributed by atoms with Gasteiger partial charge in [-0.1, -0.05) is 19.3 Å². The van der Waals surface area contributed by atoms with E-state index in [4.69, 9.17) is 5.73 Å². The molecule has 0 saturated heterocycles. The Bertz CT molecular complexity index is 197. The van der Waals surface area contributed by atoms with Crippen LogP contribution in [0.4, 0.5) is 0 Å². The highest BCUT2D eigenvalue weighted by Gasteiger charge is 2.14. The van der Waals surface area contributed by atoms with Crippen LogP contribution in [0, 0.1) is 0 Å². The standard InChI is InChI=1S/C11H23N3/c1-11(2,3)14-10(12)13-9-7-5-4-6-8-9/h9H,4-8H2,1-3H3,(H3,12,13,14). The Morgan fingerprint density at radius 1 is 1.21 bits per heavy atom. The maximum atomic E-state index is 5.83. The van der Waals surface area contributed by atoms with Crippen molar-refractivity contribution in [3.63, 3.8) is 0 Å². The van der Waals surface area contributed by atoms with Crippen molar-refractivity contribution >= 4 is 5.96 Å². The minimum Gasteiger partial charge on any atom is -0.370 e. The van der Waals surface area contributed by atoms with Crippen molar-refractivity contribution in [3.05, 3.63) is 0 Å². The molecule has 0 aromatic rings. The lowest BCUT2D eigenvalue weighted by Gasteiger charge is -2.23. The van der Waals surface area contributed by atoms with Crippen LogP contribution >= 0.6 is 0 Å². The first-order chi connectivity index (χ1) is 6.47. The van der Waals surface area contributed by atoms with Crippen molar-refractivity contribution in [2.24, 2.45) is 10.7 Å². The predicted molar refractivity (Wildman–Crippen MR) is 61.4 cm³/mol. The Morgan fingerprint density at radius 3 is 2.29 bits per heavy atom. The second kappa shape index (κ2) is 4.67. The van der Waals surface area contributed by atoms with Crippen LogP contribution in [-0.2, 0) is 0 Å². The van der Waals surface area contributed by atoms with Crippen LogP contribution in [-0.4, -0.2) is 17.5 Å². The first-order valence-corrected chi connectivity index (χ1v) is 5.59. The van der Waals surface area contributed by atoms with Gasteiger partial charge in [-0.3, -0.25) is 4.99 Å². The molecule has 0 amide bonds. The Balaban J connectivity index is 2.41. The summed E-state index contributed by atoms with van der Waals surface area (Å²) in [6, 6.07) is 0.457. The number of rotatable bonds is 1. The van der Waals surface area contributed by atoms with E-state index >= 15 is 0 Å². The molecule has 14 heavy (non-hydrogen) atoms. The molecule has 1 aliphatic carbocycles. The maximum absolute atomic E-state index is 5.83. The number of guanidine groups is 1. The van der Waals surface area contributed by atoms with Crippen molar-refractivity contribution in [3.8, 4) is 0 Å². The summed E-state index contributed by atoms with van der Waals surface area (Å²) >= 11 is 0. The van der Waals surface area contributed by atoms with E-state index in [1.807, 2.05) is 0 Å². The van der Waals surface area contributed by atoms with E-state index in [1.165, 1.54) is 32.1 Å². The highest BCUT2D eigenvalue weighted by Crippen LogP contribution is 2.20. The van der Waals surface area contributed by atoms with E-state index in [-0.39, 0.29) is 5.54 Å². The van der Waals surface area contributed by atoms with Crippen LogP contribution in [0.25, 0.3) is 0 Å². The molecule has 3 nitrogen and oxygen atoms in total. The number of hydrogen-bond acceptors (Lipinski definition) is 1. The molecule has 0 spiro atoms. The Kier molecular flexibility index (Phi) is 3.78. The third-order valence-electron chi connectivity index (χ3n) is 2.40. The lowest BCUT2D eigenvalue weighted by Crippen LogP contribution is -2.45. The monoisotopic (exact) mass is 197 g/mol. The zero-order valence-corrected chi connectivity index (χ0v) is 9.64. The summed E-state index contributed by atoms with van der Waals surface area (Å²) in [5, 5.41) is 3.19. The molecule has 1 rings (SSSR count). The fourth-order valence-corrected chi connectivity index (χ4v) is 1.82. The van der Waals surface area contributed by atoms with E-state index in [9.17, 15) is 0 Å². The normalized spacial score (nSPS) is 20.9. The lowest BCUT2D eigenvalue weighted by atomic mass is 9.96. The van der Waals surface area contributed by atoms with Gasteiger partial charge in [0, 0.05) is 5.54 Å². The first-order valence-electron chi connectivity index (χ1n) is 5.59.